The molecule has 1 aromatic carbocycles. The minimum Gasteiger partial charge on any atom is -0.0792 e. The highest BCUT2D eigenvalue weighted by atomic mass is 32.9. The molecule has 0 fully saturated rings. The lowest BCUT2D eigenvalue weighted by molar-refractivity contribution is 1.46. The smallest absolute Gasteiger partial charge is 0.0792 e. The Morgan fingerprint density at radius 2 is 1.88 bits per heavy atom. The lowest BCUT2D eigenvalue weighted by Gasteiger charge is -1.93. The Kier molecular flexibility index (Phi) is 4.42. The summed E-state index contributed by atoms with van der Waals surface area (Å²) < 4.78 is 0.956. The van der Waals surface area contributed by atoms with Crippen LogP contribution in [0.1, 0.15) is 16.0 Å². The third-order valence-corrected chi connectivity index (χ3v) is 5.04. The maximum absolute atomic E-state index is 5.08. The van der Waals surface area contributed by atoms with Crippen molar-refractivity contribution in [3.63, 3.8) is 0 Å². The van der Waals surface area contributed by atoms with E-state index in [0.717, 1.165) is 3.82 Å². The van der Waals surface area contributed by atoms with Gasteiger partial charge in [-0.25, -0.2) is 0 Å². The van der Waals surface area contributed by atoms with Gasteiger partial charge in [0, 0.05) is 4.88 Å². The van der Waals surface area contributed by atoms with Gasteiger partial charge in [0.25, 0.3) is 0 Å². The summed E-state index contributed by atoms with van der Waals surface area (Å²) in [5, 5.41) is 0. The van der Waals surface area contributed by atoms with Crippen molar-refractivity contribution in [3.05, 3.63) is 62.3 Å². The van der Waals surface area contributed by atoms with E-state index in [4.69, 9.17) is 12.2 Å². The van der Waals surface area contributed by atoms with Gasteiger partial charge in [-0.15, -0.1) is 0 Å². The van der Waals surface area contributed by atoms with Gasteiger partial charge in [-0.05, 0) is 24.6 Å². The average molecular weight is 276 g/mol. The molecule has 0 spiro atoms. The molecule has 0 amide bonds. The zero-order valence-corrected chi connectivity index (χ0v) is 11.9. The van der Waals surface area contributed by atoms with Crippen molar-refractivity contribution in [2.75, 3.05) is 0 Å². The molecule has 2 rings (SSSR count). The van der Waals surface area contributed by atoms with Crippen molar-refractivity contribution in [3.8, 4) is 0 Å². The van der Waals surface area contributed by atoms with Crippen LogP contribution in [0, 0.1) is 10.7 Å². The molecule has 0 N–H and O–H groups in total. The predicted octanol–water partition coefficient (Wildman–Crippen LogP) is 5.57. The van der Waals surface area contributed by atoms with Crippen molar-refractivity contribution in [1.29, 1.82) is 0 Å². The Hall–Kier alpha value is -1.03. The van der Waals surface area contributed by atoms with Gasteiger partial charge in [0.2, 0.25) is 0 Å². The highest BCUT2D eigenvalue weighted by Gasteiger charge is 1.88. The molecular weight excluding hydrogens is 264 g/mol. The van der Waals surface area contributed by atoms with Gasteiger partial charge in [-0.3, -0.25) is 0 Å². The molecule has 0 bridgehead atoms. The minimum atomic E-state index is 0.956. The SMILES string of the molecule is Cc1cccc(/C=C/C=C/c2cc(=S)ss2)c1. The van der Waals surface area contributed by atoms with Crippen LogP contribution in [0.4, 0.5) is 0 Å². The van der Waals surface area contributed by atoms with Crippen molar-refractivity contribution < 1.29 is 0 Å². The van der Waals surface area contributed by atoms with E-state index < -0.39 is 0 Å². The number of aryl methyl sites for hydroxylation is 1. The van der Waals surface area contributed by atoms with Crippen LogP contribution in [0.5, 0.6) is 0 Å². The van der Waals surface area contributed by atoms with E-state index in [2.05, 4.69) is 55.5 Å². The van der Waals surface area contributed by atoms with Gasteiger partial charge >= 0.3 is 0 Å². The second kappa shape index (κ2) is 6.05. The van der Waals surface area contributed by atoms with Crippen LogP contribution in [0.15, 0.2) is 42.5 Å². The average Bonchev–Trinajstić information content (AvgIpc) is 2.71. The highest BCUT2D eigenvalue weighted by molar-refractivity contribution is 7.79. The number of allylic oxidation sites excluding steroid dienone is 2. The van der Waals surface area contributed by atoms with E-state index in [9.17, 15) is 0 Å². The van der Waals surface area contributed by atoms with E-state index in [-0.39, 0.29) is 0 Å². The number of hydrogen-bond donors (Lipinski definition) is 0. The quantitative estimate of drug-likeness (QED) is 0.401. The van der Waals surface area contributed by atoms with Crippen LogP contribution in [-0.4, -0.2) is 0 Å². The summed E-state index contributed by atoms with van der Waals surface area (Å²) in [5.41, 5.74) is 2.51. The fraction of sp³-hybridized carbons (Fsp3) is 0.0714. The van der Waals surface area contributed by atoms with E-state index in [1.807, 2.05) is 6.07 Å². The van der Waals surface area contributed by atoms with Gasteiger partial charge < -0.3 is 0 Å². The molecule has 0 saturated carbocycles. The van der Waals surface area contributed by atoms with Gasteiger partial charge in [-0.2, -0.15) is 0 Å². The second-order valence-electron chi connectivity index (χ2n) is 3.66. The fourth-order valence-electron chi connectivity index (χ4n) is 1.42. The zero-order chi connectivity index (χ0) is 12.1. The summed E-state index contributed by atoms with van der Waals surface area (Å²) in [7, 11) is 3.36. The maximum atomic E-state index is 5.08. The summed E-state index contributed by atoms with van der Waals surface area (Å²) in [5.74, 6) is 0. The first-order valence-electron chi connectivity index (χ1n) is 5.26. The first-order chi connectivity index (χ1) is 8.24. The fourth-order valence-corrected chi connectivity index (χ4v) is 3.65. The van der Waals surface area contributed by atoms with Crippen molar-refractivity contribution in [2.24, 2.45) is 0 Å². The summed E-state index contributed by atoms with van der Waals surface area (Å²) in [6.45, 7) is 2.10. The van der Waals surface area contributed by atoms with Crippen LogP contribution in [0.2, 0.25) is 0 Å². The normalized spacial score (nSPS) is 11.6. The first kappa shape index (κ1) is 12.4. The van der Waals surface area contributed by atoms with Crippen molar-refractivity contribution in [1.82, 2.24) is 0 Å². The topological polar surface area (TPSA) is 0 Å². The molecule has 86 valence electrons. The molecule has 1 heterocycles. The molecule has 0 aliphatic rings. The molecule has 0 saturated heterocycles. The summed E-state index contributed by atoms with van der Waals surface area (Å²) >= 11 is 5.08. The molecule has 0 aliphatic carbocycles. The zero-order valence-electron chi connectivity index (χ0n) is 9.42. The van der Waals surface area contributed by atoms with Gasteiger partial charge in [-0.1, -0.05) is 81.0 Å². The molecular formula is C14H12S3. The molecule has 1 aromatic heterocycles. The van der Waals surface area contributed by atoms with Crippen LogP contribution < -0.4 is 0 Å². The highest BCUT2D eigenvalue weighted by Crippen LogP contribution is 2.19. The largest absolute Gasteiger partial charge is 0.102 e. The number of benzene rings is 1. The molecule has 3 heteroatoms. The van der Waals surface area contributed by atoms with Gasteiger partial charge in [0.15, 0.2) is 0 Å². The van der Waals surface area contributed by atoms with Crippen LogP contribution in [0.25, 0.3) is 12.2 Å². The number of hydrogen-bond acceptors (Lipinski definition) is 3. The molecule has 0 unspecified atom stereocenters. The predicted molar refractivity (Wildman–Crippen MR) is 82.3 cm³/mol. The lowest BCUT2D eigenvalue weighted by Crippen LogP contribution is -1.73. The Balaban J connectivity index is 2.02. The Morgan fingerprint density at radius 3 is 2.59 bits per heavy atom. The Labute approximate surface area is 114 Å². The summed E-state index contributed by atoms with van der Waals surface area (Å²) in [6, 6.07) is 10.5. The standard InChI is InChI=1S/C14H12S3/c1-11-5-4-7-12(9-11)6-2-3-8-13-10-14(15)17-16-13/h2-10H,1H3/b6-2+,8-3+. The maximum Gasteiger partial charge on any atom is 0.102 e. The lowest BCUT2D eigenvalue weighted by atomic mass is 10.1. The van der Waals surface area contributed by atoms with E-state index in [0.29, 0.717) is 0 Å². The molecule has 0 aliphatic heterocycles. The van der Waals surface area contributed by atoms with E-state index >= 15 is 0 Å². The van der Waals surface area contributed by atoms with Crippen LogP contribution in [0.3, 0.4) is 0 Å². The molecule has 2 aromatic rings. The van der Waals surface area contributed by atoms with Crippen LogP contribution >= 0.6 is 32.9 Å². The van der Waals surface area contributed by atoms with Gasteiger partial charge in [0.05, 0.1) is 0 Å². The third-order valence-electron chi connectivity index (χ3n) is 2.18. The molecule has 0 nitrogen and oxygen atoms in total. The van der Waals surface area contributed by atoms with E-state index in [1.54, 1.807) is 20.7 Å². The monoisotopic (exact) mass is 276 g/mol. The summed E-state index contributed by atoms with van der Waals surface area (Å²) in [6.07, 6.45) is 8.30. The molecule has 17 heavy (non-hydrogen) atoms. The molecule has 0 radical (unpaired) electrons. The van der Waals surface area contributed by atoms with Crippen LogP contribution in [-0.2, 0) is 0 Å². The second-order valence-corrected chi connectivity index (χ2v) is 6.61. The Morgan fingerprint density at radius 1 is 1.06 bits per heavy atom. The van der Waals surface area contributed by atoms with Gasteiger partial charge in [0.1, 0.15) is 3.82 Å². The first-order valence-corrected chi connectivity index (χ1v) is 7.81. The number of rotatable bonds is 3. The van der Waals surface area contributed by atoms with Crippen molar-refractivity contribution >= 4 is 45.1 Å². The van der Waals surface area contributed by atoms with Crippen molar-refractivity contribution in [2.45, 2.75) is 6.92 Å². The molecule has 0 atom stereocenters. The van der Waals surface area contributed by atoms with E-state index in [1.165, 1.54) is 16.0 Å². The summed E-state index contributed by atoms with van der Waals surface area (Å²) in [4.78, 5) is 1.22. The minimum absolute atomic E-state index is 0.956. The Bertz CT molecular complexity index is 600. The third kappa shape index (κ3) is 4.04.